The Morgan fingerprint density at radius 1 is 0.853 bits per heavy atom. The maximum Gasteiger partial charge on any atom is 0.494 e. The molecule has 1 aliphatic rings. The summed E-state index contributed by atoms with van der Waals surface area (Å²) in [6.07, 6.45) is 0.580. The van der Waals surface area contributed by atoms with Crippen LogP contribution in [0, 0.1) is 0 Å². The van der Waals surface area contributed by atoms with Crippen molar-refractivity contribution in [1.29, 1.82) is 0 Å². The van der Waals surface area contributed by atoms with Crippen LogP contribution in [-0.4, -0.2) is 35.5 Å². The third kappa shape index (κ3) is 4.67. The van der Waals surface area contributed by atoms with E-state index >= 15 is 0 Å². The summed E-state index contributed by atoms with van der Waals surface area (Å²) >= 11 is 6.10. The van der Waals surface area contributed by atoms with Crippen molar-refractivity contribution >= 4 is 36.5 Å². The molecule has 34 heavy (non-hydrogen) atoms. The van der Waals surface area contributed by atoms with Gasteiger partial charge in [-0.25, -0.2) is 0 Å². The molecule has 0 radical (unpaired) electrons. The summed E-state index contributed by atoms with van der Waals surface area (Å²) in [6, 6.07) is 22.9. The minimum Gasteiger partial charge on any atom is -0.399 e. The molecule has 5 nitrogen and oxygen atoms in total. The lowest BCUT2D eigenvalue weighted by Crippen LogP contribution is -2.41. The minimum absolute atomic E-state index is 0.384. The van der Waals surface area contributed by atoms with Crippen molar-refractivity contribution in [2.75, 3.05) is 0 Å². The molecular weight excluding hydrogens is 449 g/mol. The molecule has 1 fully saturated rings. The Morgan fingerprint density at radius 2 is 1.35 bits per heavy atom. The molecule has 4 rings (SSSR count). The van der Waals surface area contributed by atoms with Crippen LogP contribution in [0.3, 0.4) is 0 Å². The van der Waals surface area contributed by atoms with Gasteiger partial charge in [0, 0.05) is 10.6 Å². The van der Waals surface area contributed by atoms with Gasteiger partial charge in [-0.15, -0.1) is 0 Å². The largest absolute Gasteiger partial charge is 0.494 e. The molecule has 1 heterocycles. The van der Waals surface area contributed by atoms with E-state index in [1.165, 1.54) is 4.90 Å². The van der Waals surface area contributed by atoms with E-state index in [9.17, 15) is 9.59 Å². The highest BCUT2D eigenvalue weighted by molar-refractivity contribution is 6.62. The fourth-order valence-corrected chi connectivity index (χ4v) is 4.06. The van der Waals surface area contributed by atoms with Crippen LogP contribution in [0.5, 0.6) is 0 Å². The number of hydrogen-bond donors (Lipinski definition) is 0. The highest BCUT2D eigenvalue weighted by Gasteiger charge is 2.51. The SMILES string of the molecule is CC1(C)OB(c2ccc(C(c3ccc(Cl)cc3)N(C=O)C(=O)c3ccccc3)cc2)OC1(C)C. The summed E-state index contributed by atoms with van der Waals surface area (Å²) < 4.78 is 12.3. The van der Waals surface area contributed by atoms with Gasteiger partial charge in [0.1, 0.15) is 0 Å². The number of rotatable bonds is 6. The van der Waals surface area contributed by atoms with Crippen molar-refractivity contribution in [2.45, 2.75) is 44.9 Å². The lowest BCUT2D eigenvalue weighted by Gasteiger charge is -2.32. The zero-order valence-corrected chi connectivity index (χ0v) is 20.5. The van der Waals surface area contributed by atoms with Crippen LogP contribution >= 0.6 is 11.6 Å². The van der Waals surface area contributed by atoms with E-state index in [-0.39, 0.29) is 5.91 Å². The molecule has 0 bridgehead atoms. The molecule has 7 heteroatoms. The first-order valence-electron chi connectivity index (χ1n) is 11.2. The van der Waals surface area contributed by atoms with Crippen LogP contribution in [-0.2, 0) is 14.1 Å². The summed E-state index contributed by atoms with van der Waals surface area (Å²) in [5.41, 5.74) is 1.95. The normalized spacial score (nSPS) is 17.3. The highest BCUT2D eigenvalue weighted by Crippen LogP contribution is 2.37. The molecular formula is C27H27BClNO4. The maximum absolute atomic E-state index is 13.3. The quantitative estimate of drug-likeness (QED) is 0.371. The molecule has 1 saturated heterocycles. The molecule has 0 N–H and O–H groups in total. The Labute approximate surface area is 205 Å². The number of imide groups is 1. The average molecular weight is 476 g/mol. The summed E-state index contributed by atoms with van der Waals surface area (Å²) in [6.45, 7) is 8.04. The molecule has 1 atom stereocenters. The smallest absolute Gasteiger partial charge is 0.399 e. The van der Waals surface area contributed by atoms with Crippen molar-refractivity contribution in [3.05, 3.63) is 101 Å². The van der Waals surface area contributed by atoms with Crippen molar-refractivity contribution < 1.29 is 18.9 Å². The molecule has 1 aliphatic heterocycles. The van der Waals surface area contributed by atoms with E-state index in [4.69, 9.17) is 20.9 Å². The van der Waals surface area contributed by atoms with Gasteiger partial charge < -0.3 is 9.31 Å². The van der Waals surface area contributed by atoms with E-state index in [1.54, 1.807) is 36.4 Å². The number of carbonyl (C=O) groups is 2. The first kappa shape index (κ1) is 24.2. The van der Waals surface area contributed by atoms with Gasteiger partial charge in [-0.1, -0.05) is 66.2 Å². The van der Waals surface area contributed by atoms with Gasteiger partial charge in [0.15, 0.2) is 0 Å². The summed E-state index contributed by atoms with van der Waals surface area (Å²) in [4.78, 5) is 26.7. The van der Waals surface area contributed by atoms with Crippen molar-refractivity contribution in [3.63, 3.8) is 0 Å². The number of halogens is 1. The topological polar surface area (TPSA) is 55.8 Å². The average Bonchev–Trinajstić information content (AvgIpc) is 3.05. The first-order valence-corrected chi connectivity index (χ1v) is 11.5. The second-order valence-electron chi connectivity index (χ2n) is 9.39. The summed E-state index contributed by atoms with van der Waals surface area (Å²) in [5, 5.41) is 0.575. The summed E-state index contributed by atoms with van der Waals surface area (Å²) in [5.74, 6) is -0.384. The van der Waals surface area contributed by atoms with E-state index in [2.05, 4.69) is 0 Å². The van der Waals surface area contributed by atoms with Crippen LogP contribution in [0.1, 0.15) is 55.2 Å². The number of amides is 2. The van der Waals surface area contributed by atoms with Crippen molar-refractivity contribution in [2.24, 2.45) is 0 Å². The third-order valence-corrected chi connectivity index (χ3v) is 6.86. The summed E-state index contributed by atoms with van der Waals surface area (Å²) in [7, 11) is -0.499. The maximum atomic E-state index is 13.3. The Balaban J connectivity index is 1.70. The van der Waals surface area contributed by atoms with Crippen LogP contribution in [0.4, 0.5) is 0 Å². The number of carbonyl (C=O) groups excluding carboxylic acids is 2. The fraction of sp³-hybridized carbons (Fsp3) is 0.259. The van der Waals surface area contributed by atoms with E-state index < -0.39 is 24.4 Å². The molecule has 3 aromatic carbocycles. The van der Waals surface area contributed by atoms with Crippen LogP contribution in [0.15, 0.2) is 78.9 Å². The molecule has 3 aromatic rings. The molecule has 0 saturated carbocycles. The van der Waals surface area contributed by atoms with E-state index in [0.29, 0.717) is 17.0 Å². The van der Waals surface area contributed by atoms with Gasteiger partial charge in [0.25, 0.3) is 5.91 Å². The van der Waals surface area contributed by atoms with Crippen molar-refractivity contribution in [1.82, 2.24) is 4.90 Å². The molecule has 0 aromatic heterocycles. The Hall–Kier alpha value is -2.93. The van der Waals surface area contributed by atoms with Crippen molar-refractivity contribution in [3.8, 4) is 0 Å². The van der Waals surface area contributed by atoms with Gasteiger partial charge in [-0.05, 0) is 68.6 Å². The number of hydrogen-bond acceptors (Lipinski definition) is 4. The number of nitrogens with zero attached hydrogens (tertiary/aromatic N) is 1. The third-order valence-electron chi connectivity index (χ3n) is 6.61. The first-order chi connectivity index (χ1) is 16.1. The van der Waals surface area contributed by atoms with Crippen LogP contribution in [0.2, 0.25) is 5.02 Å². The van der Waals surface area contributed by atoms with Gasteiger partial charge in [-0.2, -0.15) is 0 Å². The zero-order valence-electron chi connectivity index (χ0n) is 19.7. The molecule has 0 spiro atoms. The van der Waals surface area contributed by atoms with E-state index in [0.717, 1.165) is 16.6 Å². The predicted octanol–water partition coefficient (Wildman–Crippen LogP) is 5.03. The zero-order chi connectivity index (χ0) is 24.5. The Bertz CT molecular complexity index is 1150. The highest BCUT2D eigenvalue weighted by atomic mass is 35.5. The standard InChI is InChI=1S/C27H27BClNO4/c1-26(2)27(3,4)34-28(33-26)22-14-10-19(11-15-22)24(20-12-16-23(29)17-13-20)30(18-31)25(32)21-8-6-5-7-9-21/h5-18,24H,1-4H3. The van der Waals surface area contributed by atoms with Crippen LogP contribution < -0.4 is 5.46 Å². The lowest BCUT2D eigenvalue weighted by molar-refractivity contribution is -0.117. The lowest BCUT2D eigenvalue weighted by atomic mass is 9.78. The van der Waals surface area contributed by atoms with Gasteiger partial charge >= 0.3 is 7.12 Å². The molecule has 1 unspecified atom stereocenters. The Morgan fingerprint density at radius 3 is 1.85 bits per heavy atom. The van der Waals surface area contributed by atoms with Gasteiger partial charge in [-0.3, -0.25) is 14.5 Å². The monoisotopic (exact) mass is 475 g/mol. The second-order valence-corrected chi connectivity index (χ2v) is 9.83. The molecule has 174 valence electrons. The Kier molecular flexibility index (Phi) is 6.68. The number of benzene rings is 3. The predicted molar refractivity (Wildman–Crippen MR) is 134 cm³/mol. The van der Waals surface area contributed by atoms with E-state index in [1.807, 2.05) is 70.2 Å². The van der Waals surface area contributed by atoms with Gasteiger partial charge in [0.05, 0.1) is 17.2 Å². The second kappa shape index (κ2) is 9.38. The van der Waals surface area contributed by atoms with Gasteiger partial charge in [0.2, 0.25) is 6.41 Å². The molecule has 2 amide bonds. The van der Waals surface area contributed by atoms with Crippen LogP contribution in [0.25, 0.3) is 0 Å². The molecule has 0 aliphatic carbocycles. The fourth-order valence-electron chi connectivity index (χ4n) is 3.93. The minimum atomic E-state index is -0.630.